The molecule has 8 nitrogen and oxygen atoms in total. The summed E-state index contributed by atoms with van der Waals surface area (Å²) in [6.07, 6.45) is 2.54. The first kappa shape index (κ1) is 21.1. The van der Waals surface area contributed by atoms with Crippen LogP contribution in [0.1, 0.15) is 39.7 Å². The first-order chi connectivity index (χ1) is 15.8. The molecule has 1 aliphatic carbocycles. The summed E-state index contributed by atoms with van der Waals surface area (Å²) in [6.45, 7) is 1.17. The number of anilines is 1. The number of fused-ring (bicyclic) bond motifs is 2. The molecule has 1 atom stereocenters. The van der Waals surface area contributed by atoms with Crippen molar-refractivity contribution in [2.75, 3.05) is 11.9 Å². The lowest BCUT2D eigenvalue weighted by Gasteiger charge is -2.24. The van der Waals surface area contributed by atoms with E-state index in [4.69, 9.17) is 5.73 Å². The zero-order valence-corrected chi connectivity index (χ0v) is 18.8. The molecule has 0 radical (unpaired) electrons. The highest BCUT2D eigenvalue weighted by Gasteiger charge is 2.50. The first-order valence-corrected chi connectivity index (χ1v) is 11.5. The van der Waals surface area contributed by atoms with E-state index in [0.717, 1.165) is 45.4 Å². The highest BCUT2D eigenvalue weighted by Crippen LogP contribution is 2.39. The SMILES string of the molecule is C[C@]1(c2cccc3ccccc23)NC(=O)N(CC(=O)Nc2sc3c(c2C(N)=O)CCC3)C1=O. The third-order valence-corrected chi connectivity index (χ3v) is 7.53. The number of imide groups is 1. The van der Waals surface area contributed by atoms with Gasteiger partial charge in [0.2, 0.25) is 5.91 Å². The summed E-state index contributed by atoms with van der Waals surface area (Å²) >= 11 is 1.33. The summed E-state index contributed by atoms with van der Waals surface area (Å²) in [5.41, 5.74) is 6.13. The van der Waals surface area contributed by atoms with Gasteiger partial charge in [-0.25, -0.2) is 4.79 Å². The Hall–Kier alpha value is -3.72. The number of carbonyl (C=O) groups excluding carboxylic acids is 4. The fraction of sp³-hybridized carbons (Fsp3) is 0.250. The van der Waals surface area contributed by atoms with Gasteiger partial charge in [-0.15, -0.1) is 11.3 Å². The van der Waals surface area contributed by atoms with Gasteiger partial charge in [-0.05, 0) is 48.1 Å². The van der Waals surface area contributed by atoms with E-state index in [1.54, 1.807) is 13.0 Å². The van der Waals surface area contributed by atoms with E-state index in [9.17, 15) is 19.2 Å². The second kappa shape index (κ2) is 7.70. The van der Waals surface area contributed by atoms with Crippen LogP contribution in [0.3, 0.4) is 0 Å². The normalized spacial score (nSPS) is 19.6. The zero-order chi connectivity index (χ0) is 23.3. The van der Waals surface area contributed by atoms with Crippen molar-refractivity contribution in [3.63, 3.8) is 0 Å². The Morgan fingerprint density at radius 3 is 2.70 bits per heavy atom. The molecule has 33 heavy (non-hydrogen) atoms. The molecule has 0 saturated carbocycles. The molecule has 168 valence electrons. The number of carbonyl (C=O) groups is 4. The number of primary amides is 1. The molecule has 9 heteroatoms. The predicted molar refractivity (Wildman–Crippen MR) is 125 cm³/mol. The number of nitrogens with two attached hydrogens (primary N) is 1. The van der Waals surface area contributed by atoms with Crippen molar-refractivity contribution in [2.24, 2.45) is 5.73 Å². The average molecular weight is 463 g/mol. The number of benzene rings is 2. The van der Waals surface area contributed by atoms with Crippen molar-refractivity contribution in [2.45, 2.75) is 31.7 Å². The van der Waals surface area contributed by atoms with Crippen LogP contribution in [0.5, 0.6) is 0 Å². The summed E-state index contributed by atoms with van der Waals surface area (Å²) < 4.78 is 0. The Balaban J connectivity index is 1.39. The predicted octanol–water partition coefficient (Wildman–Crippen LogP) is 2.89. The van der Waals surface area contributed by atoms with Crippen molar-refractivity contribution in [1.29, 1.82) is 0 Å². The molecule has 2 heterocycles. The maximum absolute atomic E-state index is 13.3. The molecule has 5 amide bonds. The Morgan fingerprint density at radius 1 is 1.15 bits per heavy atom. The Bertz CT molecular complexity index is 1340. The number of nitrogens with one attached hydrogen (secondary N) is 2. The van der Waals surface area contributed by atoms with Crippen molar-refractivity contribution in [1.82, 2.24) is 10.2 Å². The van der Waals surface area contributed by atoms with Crippen LogP contribution in [0.25, 0.3) is 10.8 Å². The molecule has 0 spiro atoms. The minimum Gasteiger partial charge on any atom is -0.365 e. The smallest absolute Gasteiger partial charge is 0.325 e. The Morgan fingerprint density at radius 2 is 1.91 bits per heavy atom. The molecule has 2 aliphatic rings. The topological polar surface area (TPSA) is 122 Å². The van der Waals surface area contributed by atoms with Crippen LogP contribution >= 0.6 is 11.3 Å². The van der Waals surface area contributed by atoms with Gasteiger partial charge in [0.1, 0.15) is 17.1 Å². The summed E-state index contributed by atoms with van der Waals surface area (Å²) in [5.74, 6) is -1.67. The van der Waals surface area contributed by atoms with E-state index in [1.165, 1.54) is 11.3 Å². The van der Waals surface area contributed by atoms with E-state index in [-0.39, 0.29) is 0 Å². The van der Waals surface area contributed by atoms with Gasteiger partial charge in [0.15, 0.2) is 0 Å². The largest absolute Gasteiger partial charge is 0.365 e. The molecule has 0 bridgehead atoms. The average Bonchev–Trinajstić information content (AvgIpc) is 3.42. The molecule has 1 aromatic heterocycles. The van der Waals surface area contributed by atoms with E-state index >= 15 is 0 Å². The molecular weight excluding hydrogens is 440 g/mol. The minimum atomic E-state index is -1.30. The molecule has 3 aromatic rings. The number of amides is 5. The van der Waals surface area contributed by atoms with E-state index < -0.39 is 35.8 Å². The Kier molecular flexibility index (Phi) is 4.93. The number of hydrogen-bond donors (Lipinski definition) is 3. The molecule has 4 N–H and O–H groups in total. The van der Waals surface area contributed by atoms with Gasteiger partial charge in [0.05, 0.1) is 5.56 Å². The number of thiophene rings is 1. The van der Waals surface area contributed by atoms with E-state index in [0.29, 0.717) is 16.1 Å². The lowest BCUT2D eigenvalue weighted by atomic mass is 9.88. The lowest BCUT2D eigenvalue weighted by molar-refractivity contribution is -0.133. The summed E-state index contributed by atoms with van der Waals surface area (Å²) in [4.78, 5) is 52.8. The van der Waals surface area contributed by atoms with Crippen LogP contribution in [-0.4, -0.2) is 35.2 Å². The maximum atomic E-state index is 13.3. The number of nitrogens with zero attached hydrogens (tertiary/aromatic N) is 1. The summed E-state index contributed by atoms with van der Waals surface area (Å²) in [7, 11) is 0. The van der Waals surface area contributed by atoms with E-state index in [2.05, 4.69) is 10.6 Å². The molecule has 2 aromatic carbocycles. The van der Waals surface area contributed by atoms with Crippen molar-refractivity contribution in [3.8, 4) is 0 Å². The van der Waals surface area contributed by atoms with Gasteiger partial charge in [-0.3, -0.25) is 19.3 Å². The lowest BCUT2D eigenvalue weighted by Crippen LogP contribution is -2.42. The zero-order valence-electron chi connectivity index (χ0n) is 17.9. The third-order valence-electron chi connectivity index (χ3n) is 6.33. The number of aryl methyl sites for hydroxylation is 1. The van der Waals surface area contributed by atoms with Crippen LogP contribution < -0.4 is 16.4 Å². The number of hydrogen-bond acceptors (Lipinski definition) is 5. The van der Waals surface area contributed by atoms with Crippen LogP contribution in [0.2, 0.25) is 0 Å². The highest BCUT2D eigenvalue weighted by atomic mass is 32.1. The second-order valence-electron chi connectivity index (χ2n) is 8.45. The molecular formula is C24H22N4O4S. The van der Waals surface area contributed by atoms with Gasteiger partial charge < -0.3 is 16.4 Å². The van der Waals surface area contributed by atoms with Crippen LogP contribution in [-0.2, 0) is 28.0 Å². The van der Waals surface area contributed by atoms with Crippen molar-refractivity contribution >= 4 is 50.9 Å². The van der Waals surface area contributed by atoms with Crippen LogP contribution in [0.4, 0.5) is 9.80 Å². The van der Waals surface area contributed by atoms with Crippen molar-refractivity contribution in [3.05, 3.63) is 64.0 Å². The summed E-state index contributed by atoms with van der Waals surface area (Å²) in [6, 6.07) is 12.5. The van der Waals surface area contributed by atoms with E-state index in [1.807, 2.05) is 36.4 Å². The summed E-state index contributed by atoms with van der Waals surface area (Å²) in [5, 5.41) is 7.61. The fourth-order valence-corrected chi connectivity index (χ4v) is 6.06. The van der Waals surface area contributed by atoms with Crippen LogP contribution in [0, 0.1) is 0 Å². The van der Waals surface area contributed by atoms with Gasteiger partial charge in [-0.2, -0.15) is 0 Å². The highest BCUT2D eigenvalue weighted by molar-refractivity contribution is 7.17. The molecule has 1 fully saturated rings. The molecule has 1 aliphatic heterocycles. The molecule has 1 saturated heterocycles. The number of rotatable bonds is 5. The van der Waals surface area contributed by atoms with Crippen LogP contribution in [0.15, 0.2) is 42.5 Å². The Labute approximate surface area is 193 Å². The standard InChI is InChI=1S/C24H22N4O4S/c1-24(16-10-4-7-13-6-2-3-8-14(13)16)22(31)28(23(32)27-24)12-18(29)26-21-19(20(25)30)15-9-5-11-17(15)33-21/h2-4,6-8,10H,5,9,11-12H2,1H3,(H2,25,30)(H,26,29)(H,27,32)/t24-/m1/s1. The second-order valence-corrected chi connectivity index (χ2v) is 9.55. The first-order valence-electron chi connectivity index (χ1n) is 10.7. The van der Waals surface area contributed by atoms with Crippen molar-refractivity contribution < 1.29 is 19.2 Å². The minimum absolute atomic E-state index is 0.332. The number of urea groups is 1. The maximum Gasteiger partial charge on any atom is 0.325 e. The van der Waals surface area contributed by atoms with Gasteiger partial charge in [-0.1, -0.05) is 42.5 Å². The third kappa shape index (κ3) is 3.36. The quantitative estimate of drug-likeness (QED) is 0.505. The van der Waals surface area contributed by atoms with Gasteiger partial charge >= 0.3 is 6.03 Å². The monoisotopic (exact) mass is 462 g/mol. The fourth-order valence-electron chi connectivity index (χ4n) is 4.75. The van der Waals surface area contributed by atoms with Gasteiger partial charge in [0.25, 0.3) is 11.8 Å². The van der Waals surface area contributed by atoms with Gasteiger partial charge in [0, 0.05) is 4.88 Å². The molecule has 0 unspecified atom stereocenters. The molecule has 5 rings (SSSR count).